The van der Waals surface area contributed by atoms with Crippen molar-refractivity contribution in [3.8, 4) is 0 Å². The fourth-order valence-corrected chi connectivity index (χ4v) is 5.05. The van der Waals surface area contributed by atoms with Crippen LogP contribution in [0.15, 0.2) is 48.7 Å². The van der Waals surface area contributed by atoms with E-state index in [1.165, 1.54) is 12.0 Å². The summed E-state index contributed by atoms with van der Waals surface area (Å²) in [7, 11) is 2.27. The number of hydrogen-bond donors (Lipinski definition) is 0. The Morgan fingerprint density at radius 3 is 2.44 bits per heavy atom. The molecule has 4 nitrogen and oxygen atoms in total. The lowest BCUT2D eigenvalue weighted by Crippen LogP contribution is -2.52. The van der Waals surface area contributed by atoms with E-state index >= 15 is 0 Å². The van der Waals surface area contributed by atoms with Gasteiger partial charge in [0.05, 0.1) is 0 Å². The minimum Gasteiger partial charge on any atom is -0.341 e. The van der Waals surface area contributed by atoms with Crippen LogP contribution in [0.2, 0.25) is 0 Å². The summed E-state index contributed by atoms with van der Waals surface area (Å²) in [5.74, 6) is 0.792. The maximum Gasteiger partial charge on any atom is 0.270 e. The number of carbonyl (C=O) groups excluding carboxylic acids is 1. The molecule has 3 heterocycles. The summed E-state index contributed by atoms with van der Waals surface area (Å²) in [5, 5.41) is 0. The minimum absolute atomic E-state index is 0.184. The van der Waals surface area contributed by atoms with Gasteiger partial charge in [0.2, 0.25) is 0 Å². The topological polar surface area (TPSA) is 28.5 Å². The van der Waals surface area contributed by atoms with Crippen molar-refractivity contribution in [3.63, 3.8) is 0 Å². The first-order valence-electron chi connectivity index (χ1n) is 10.2. The maximum absolute atomic E-state index is 13.0. The highest BCUT2D eigenvalue weighted by Crippen LogP contribution is 2.44. The van der Waals surface area contributed by atoms with Gasteiger partial charge in [-0.2, -0.15) is 0 Å². The monoisotopic (exact) mass is 365 g/mol. The highest BCUT2D eigenvalue weighted by molar-refractivity contribution is 5.93. The summed E-state index contributed by atoms with van der Waals surface area (Å²) in [6, 6.07) is 15.1. The molecule has 1 aromatic heterocycles. The first-order chi connectivity index (χ1) is 13.0. The summed E-state index contributed by atoms with van der Waals surface area (Å²) in [5.41, 5.74) is 2.52. The number of piperidine rings is 1. The molecule has 0 bridgehead atoms. The molecule has 2 aliphatic rings. The molecule has 1 spiro atoms. The Morgan fingerprint density at radius 1 is 1.07 bits per heavy atom. The van der Waals surface area contributed by atoms with Crippen molar-refractivity contribution in [1.82, 2.24) is 14.4 Å². The molecule has 2 fully saturated rings. The quantitative estimate of drug-likeness (QED) is 0.817. The zero-order chi connectivity index (χ0) is 19.0. The molecule has 1 atom stereocenters. The third kappa shape index (κ3) is 3.31. The number of amides is 1. The van der Waals surface area contributed by atoms with E-state index in [4.69, 9.17) is 0 Å². The molecule has 2 aromatic rings. The van der Waals surface area contributed by atoms with Gasteiger partial charge in [-0.05, 0) is 63.8 Å². The summed E-state index contributed by atoms with van der Waals surface area (Å²) in [6.07, 6.45) is 5.36. The standard InChI is InChI=1S/C23H31N3O/c1-18(2)26-13-7-10-21(26)22(27)25-14-11-23(12-15-25)16-20(17-24(23)3)19-8-5-4-6-9-19/h4-10,13,18,20H,11-12,14-17H2,1-3H3/t20-/m1/s1. The van der Waals surface area contributed by atoms with Crippen molar-refractivity contribution >= 4 is 5.91 Å². The van der Waals surface area contributed by atoms with Crippen LogP contribution in [0.4, 0.5) is 0 Å². The second kappa shape index (κ2) is 7.16. The highest BCUT2D eigenvalue weighted by Gasteiger charge is 2.46. The van der Waals surface area contributed by atoms with Crippen molar-refractivity contribution in [2.45, 2.75) is 50.6 Å². The number of likely N-dealkylation sites (N-methyl/N-ethyl adjacent to an activating group) is 1. The molecule has 0 N–H and O–H groups in total. The lowest BCUT2D eigenvalue weighted by molar-refractivity contribution is 0.0482. The molecule has 2 saturated heterocycles. The summed E-state index contributed by atoms with van der Waals surface area (Å²) in [6.45, 7) is 7.08. The van der Waals surface area contributed by atoms with E-state index in [0.29, 0.717) is 12.0 Å². The zero-order valence-electron chi connectivity index (χ0n) is 16.8. The Kier molecular flexibility index (Phi) is 4.85. The minimum atomic E-state index is 0.184. The fraction of sp³-hybridized carbons (Fsp3) is 0.522. The van der Waals surface area contributed by atoms with Crippen LogP contribution in [0.3, 0.4) is 0 Å². The number of benzene rings is 1. The molecule has 0 saturated carbocycles. The largest absolute Gasteiger partial charge is 0.341 e. The van der Waals surface area contributed by atoms with Crippen molar-refractivity contribution in [2.24, 2.45) is 0 Å². The highest BCUT2D eigenvalue weighted by atomic mass is 16.2. The van der Waals surface area contributed by atoms with Gasteiger partial charge in [-0.15, -0.1) is 0 Å². The third-order valence-corrected chi connectivity index (χ3v) is 6.74. The molecule has 0 radical (unpaired) electrons. The molecular weight excluding hydrogens is 334 g/mol. The van der Waals surface area contributed by atoms with Crippen molar-refractivity contribution in [3.05, 3.63) is 59.9 Å². The summed E-state index contributed by atoms with van der Waals surface area (Å²) in [4.78, 5) is 17.7. The van der Waals surface area contributed by atoms with Crippen LogP contribution in [0, 0.1) is 0 Å². The molecular formula is C23H31N3O. The van der Waals surface area contributed by atoms with Gasteiger partial charge in [0.15, 0.2) is 0 Å². The van der Waals surface area contributed by atoms with E-state index in [0.717, 1.165) is 38.2 Å². The van der Waals surface area contributed by atoms with Gasteiger partial charge in [0.25, 0.3) is 5.91 Å². The molecule has 2 aliphatic heterocycles. The molecule has 1 aromatic carbocycles. The Morgan fingerprint density at radius 2 is 1.78 bits per heavy atom. The van der Waals surface area contributed by atoms with Gasteiger partial charge in [-0.1, -0.05) is 30.3 Å². The number of hydrogen-bond acceptors (Lipinski definition) is 2. The molecule has 144 valence electrons. The zero-order valence-corrected chi connectivity index (χ0v) is 16.8. The molecule has 0 unspecified atom stereocenters. The van der Waals surface area contributed by atoms with Gasteiger partial charge >= 0.3 is 0 Å². The van der Waals surface area contributed by atoms with Crippen LogP contribution < -0.4 is 0 Å². The Bertz CT molecular complexity index is 787. The number of aromatic nitrogens is 1. The first-order valence-corrected chi connectivity index (χ1v) is 10.2. The average Bonchev–Trinajstić information content (AvgIpc) is 3.29. The third-order valence-electron chi connectivity index (χ3n) is 6.74. The number of nitrogens with zero attached hydrogens (tertiary/aromatic N) is 3. The van der Waals surface area contributed by atoms with Gasteiger partial charge in [-0.25, -0.2) is 0 Å². The number of likely N-dealkylation sites (tertiary alicyclic amines) is 2. The number of rotatable bonds is 3. The second-order valence-corrected chi connectivity index (χ2v) is 8.60. The van der Waals surface area contributed by atoms with Gasteiger partial charge in [0.1, 0.15) is 5.69 Å². The van der Waals surface area contributed by atoms with E-state index in [1.807, 2.05) is 18.3 Å². The second-order valence-electron chi connectivity index (χ2n) is 8.60. The van der Waals surface area contributed by atoms with Crippen LogP contribution in [0.1, 0.15) is 61.1 Å². The van der Waals surface area contributed by atoms with Gasteiger partial charge in [0, 0.05) is 37.4 Å². The van der Waals surface area contributed by atoms with E-state index in [1.54, 1.807) is 0 Å². The Balaban J connectivity index is 1.44. The van der Waals surface area contributed by atoms with E-state index in [9.17, 15) is 4.79 Å². The Labute approximate surface area is 162 Å². The lowest BCUT2D eigenvalue weighted by atomic mass is 9.81. The first kappa shape index (κ1) is 18.3. The number of carbonyl (C=O) groups is 1. The molecule has 1 amide bonds. The van der Waals surface area contributed by atoms with E-state index in [-0.39, 0.29) is 11.4 Å². The Hall–Kier alpha value is -2.07. The van der Waals surface area contributed by atoms with Crippen LogP contribution >= 0.6 is 0 Å². The SMILES string of the molecule is CC(C)n1cccc1C(=O)N1CCC2(CC1)C[C@@H](c1ccccc1)CN2C. The molecule has 0 aliphatic carbocycles. The van der Waals surface area contributed by atoms with Gasteiger partial charge in [-0.3, -0.25) is 9.69 Å². The predicted octanol–water partition coefficient (Wildman–Crippen LogP) is 4.16. The normalized spacial score (nSPS) is 22.7. The summed E-state index contributed by atoms with van der Waals surface area (Å²) >= 11 is 0. The van der Waals surface area contributed by atoms with Crippen LogP contribution in [0.25, 0.3) is 0 Å². The smallest absolute Gasteiger partial charge is 0.270 e. The molecule has 4 rings (SSSR count). The fourth-order valence-electron chi connectivity index (χ4n) is 5.05. The predicted molar refractivity (Wildman–Crippen MR) is 109 cm³/mol. The van der Waals surface area contributed by atoms with Crippen LogP contribution in [-0.4, -0.2) is 52.5 Å². The van der Waals surface area contributed by atoms with Crippen LogP contribution in [-0.2, 0) is 0 Å². The van der Waals surface area contributed by atoms with E-state index in [2.05, 4.69) is 65.6 Å². The van der Waals surface area contributed by atoms with Crippen molar-refractivity contribution in [1.29, 1.82) is 0 Å². The molecule has 27 heavy (non-hydrogen) atoms. The molecule has 4 heteroatoms. The lowest BCUT2D eigenvalue weighted by Gasteiger charge is -2.43. The van der Waals surface area contributed by atoms with E-state index < -0.39 is 0 Å². The van der Waals surface area contributed by atoms with Crippen molar-refractivity contribution < 1.29 is 4.79 Å². The summed E-state index contributed by atoms with van der Waals surface area (Å²) < 4.78 is 2.08. The van der Waals surface area contributed by atoms with Crippen molar-refractivity contribution in [2.75, 3.05) is 26.7 Å². The van der Waals surface area contributed by atoms with Gasteiger partial charge < -0.3 is 9.47 Å². The van der Waals surface area contributed by atoms with Crippen LogP contribution in [0.5, 0.6) is 0 Å². The average molecular weight is 366 g/mol. The maximum atomic E-state index is 13.0.